The lowest BCUT2D eigenvalue weighted by Crippen LogP contribution is -2.40. The number of aromatic carboxylic acids is 1. The normalized spacial score (nSPS) is 17.4. The second-order valence-electron chi connectivity index (χ2n) is 6.45. The number of aromatic nitrogens is 2. The average molecular weight is 340 g/mol. The first-order valence-electron chi connectivity index (χ1n) is 8.79. The minimum Gasteiger partial charge on any atom is -0.478 e. The zero-order chi connectivity index (χ0) is 17.8. The van der Waals surface area contributed by atoms with E-state index in [2.05, 4.69) is 22.1 Å². The molecule has 1 aliphatic heterocycles. The SMILES string of the molecule is CCC1CCCCN1c1nc(C)cc(Nc2ccc(C(=O)O)cc2)n1. The molecule has 0 radical (unpaired) electrons. The summed E-state index contributed by atoms with van der Waals surface area (Å²) in [6.45, 7) is 5.17. The Morgan fingerprint density at radius 3 is 2.72 bits per heavy atom. The summed E-state index contributed by atoms with van der Waals surface area (Å²) < 4.78 is 0. The molecule has 0 bridgehead atoms. The van der Waals surface area contributed by atoms with Crippen molar-refractivity contribution in [2.24, 2.45) is 0 Å². The van der Waals surface area contributed by atoms with Crippen LogP contribution in [0.3, 0.4) is 0 Å². The molecule has 6 nitrogen and oxygen atoms in total. The quantitative estimate of drug-likeness (QED) is 0.857. The van der Waals surface area contributed by atoms with E-state index in [4.69, 9.17) is 10.1 Å². The maximum Gasteiger partial charge on any atom is 0.335 e. The van der Waals surface area contributed by atoms with Gasteiger partial charge in [-0.15, -0.1) is 0 Å². The summed E-state index contributed by atoms with van der Waals surface area (Å²) in [7, 11) is 0. The fraction of sp³-hybridized carbons (Fsp3) is 0.421. The molecular weight excluding hydrogens is 316 g/mol. The van der Waals surface area contributed by atoms with E-state index in [-0.39, 0.29) is 5.56 Å². The molecule has 0 saturated carbocycles. The molecule has 6 heteroatoms. The molecule has 0 amide bonds. The van der Waals surface area contributed by atoms with Crippen molar-refractivity contribution in [2.75, 3.05) is 16.8 Å². The highest BCUT2D eigenvalue weighted by Crippen LogP contribution is 2.26. The number of nitrogens with one attached hydrogen (secondary N) is 1. The molecule has 3 rings (SSSR count). The van der Waals surface area contributed by atoms with Gasteiger partial charge in [-0.05, 0) is 56.9 Å². The molecule has 1 aromatic heterocycles. The van der Waals surface area contributed by atoms with Crippen molar-refractivity contribution in [1.29, 1.82) is 0 Å². The second kappa shape index (κ2) is 7.51. The second-order valence-corrected chi connectivity index (χ2v) is 6.45. The van der Waals surface area contributed by atoms with E-state index in [0.29, 0.717) is 6.04 Å². The molecule has 132 valence electrons. The van der Waals surface area contributed by atoms with E-state index in [1.165, 1.54) is 19.3 Å². The number of aryl methyl sites for hydroxylation is 1. The van der Waals surface area contributed by atoms with Crippen LogP contribution in [0, 0.1) is 6.92 Å². The molecule has 1 unspecified atom stereocenters. The number of hydrogen-bond donors (Lipinski definition) is 2. The first kappa shape index (κ1) is 17.2. The average Bonchev–Trinajstić information content (AvgIpc) is 2.61. The van der Waals surface area contributed by atoms with Crippen molar-refractivity contribution < 1.29 is 9.90 Å². The fourth-order valence-electron chi connectivity index (χ4n) is 3.28. The molecule has 1 fully saturated rings. The molecule has 0 spiro atoms. The fourth-order valence-corrected chi connectivity index (χ4v) is 3.28. The van der Waals surface area contributed by atoms with Crippen molar-refractivity contribution in [2.45, 2.75) is 45.6 Å². The molecule has 2 heterocycles. The lowest BCUT2D eigenvalue weighted by molar-refractivity contribution is 0.0697. The van der Waals surface area contributed by atoms with Gasteiger partial charge in [-0.2, -0.15) is 4.98 Å². The van der Waals surface area contributed by atoms with Crippen LogP contribution in [0.15, 0.2) is 30.3 Å². The molecule has 2 aromatic rings. The largest absolute Gasteiger partial charge is 0.478 e. The van der Waals surface area contributed by atoms with Crippen molar-refractivity contribution in [1.82, 2.24) is 9.97 Å². The Balaban J connectivity index is 1.82. The van der Waals surface area contributed by atoms with Crippen LogP contribution in [0.1, 0.15) is 48.7 Å². The predicted octanol–water partition coefficient (Wildman–Crippen LogP) is 4.00. The van der Waals surface area contributed by atoms with Crippen molar-refractivity contribution in [3.63, 3.8) is 0 Å². The third-order valence-corrected chi connectivity index (χ3v) is 4.60. The van der Waals surface area contributed by atoms with Crippen LogP contribution in [0.4, 0.5) is 17.5 Å². The first-order chi connectivity index (χ1) is 12.1. The van der Waals surface area contributed by atoms with Gasteiger partial charge in [0.25, 0.3) is 0 Å². The highest BCUT2D eigenvalue weighted by atomic mass is 16.4. The van der Waals surface area contributed by atoms with Gasteiger partial charge in [-0.25, -0.2) is 9.78 Å². The molecule has 1 aliphatic rings. The van der Waals surface area contributed by atoms with Crippen LogP contribution in [-0.4, -0.2) is 33.6 Å². The molecule has 1 aromatic carbocycles. The summed E-state index contributed by atoms with van der Waals surface area (Å²) in [4.78, 5) is 22.6. The highest BCUT2D eigenvalue weighted by molar-refractivity contribution is 5.88. The molecule has 1 atom stereocenters. The Morgan fingerprint density at radius 1 is 1.28 bits per heavy atom. The Labute approximate surface area is 147 Å². The number of carboxylic acid groups (broad SMARTS) is 1. The first-order valence-corrected chi connectivity index (χ1v) is 8.79. The summed E-state index contributed by atoms with van der Waals surface area (Å²) >= 11 is 0. The minimum absolute atomic E-state index is 0.268. The molecule has 0 aliphatic carbocycles. The molecular formula is C19H24N4O2. The van der Waals surface area contributed by atoms with Crippen LogP contribution in [-0.2, 0) is 0 Å². The third kappa shape index (κ3) is 4.07. The number of benzene rings is 1. The van der Waals surface area contributed by atoms with Crippen molar-refractivity contribution in [3.05, 3.63) is 41.6 Å². The summed E-state index contributed by atoms with van der Waals surface area (Å²) in [5.41, 5.74) is 1.99. The van der Waals surface area contributed by atoms with Crippen LogP contribution in [0.25, 0.3) is 0 Å². The monoisotopic (exact) mass is 340 g/mol. The molecule has 25 heavy (non-hydrogen) atoms. The van der Waals surface area contributed by atoms with Crippen molar-refractivity contribution >= 4 is 23.4 Å². The van der Waals surface area contributed by atoms with Gasteiger partial charge in [0.2, 0.25) is 5.95 Å². The van der Waals surface area contributed by atoms with Crippen LogP contribution in [0.5, 0.6) is 0 Å². The Hall–Kier alpha value is -2.63. The number of nitrogens with zero attached hydrogens (tertiary/aromatic N) is 3. The number of carbonyl (C=O) groups is 1. The maximum atomic E-state index is 10.9. The van der Waals surface area contributed by atoms with Gasteiger partial charge in [-0.3, -0.25) is 0 Å². The minimum atomic E-state index is -0.928. The summed E-state index contributed by atoms with van der Waals surface area (Å²) in [5.74, 6) is 0.574. The number of anilines is 3. The highest BCUT2D eigenvalue weighted by Gasteiger charge is 2.23. The number of piperidine rings is 1. The van der Waals surface area contributed by atoms with Gasteiger partial charge in [0, 0.05) is 30.0 Å². The molecule has 1 saturated heterocycles. The van der Waals surface area contributed by atoms with E-state index < -0.39 is 5.97 Å². The number of carboxylic acids is 1. The topological polar surface area (TPSA) is 78.4 Å². The summed E-state index contributed by atoms with van der Waals surface area (Å²) in [6, 6.07) is 9.05. The molecule has 2 N–H and O–H groups in total. The number of rotatable bonds is 5. The van der Waals surface area contributed by atoms with Crippen LogP contribution < -0.4 is 10.2 Å². The van der Waals surface area contributed by atoms with E-state index >= 15 is 0 Å². The summed E-state index contributed by atoms with van der Waals surface area (Å²) in [6.07, 6.45) is 4.72. The van der Waals surface area contributed by atoms with Gasteiger partial charge in [0.05, 0.1) is 5.56 Å². The van der Waals surface area contributed by atoms with Crippen LogP contribution >= 0.6 is 0 Å². The lowest BCUT2D eigenvalue weighted by Gasteiger charge is -2.35. The maximum absolute atomic E-state index is 10.9. The Kier molecular flexibility index (Phi) is 5.16. The predicted molar refractivity (Wildman–Crippen MR) is 98.7 cm³/mol. The smallest absolute Gasteiger partial charge is 0.335 e. The van der Waals surface area contributed by atoms with E-state index in [1.54, 1.807) is 24.3 Å². The Morgan fingerprint density at radius 2 is 2.04 bits per heavy atom. The van der Waals surface area contributed by atoms with Gasteiger partial charge in [-0.1, -0.05) is 6.92 Å². The third-order valence-electron chi connectivity index (χ3n) is 4.60. The van der Waals surface area contributed by atoms with E-state index in [0.717, 1.165) is 36.1 Å². The van der Waals surface area contributed by atoms with Gasteiger partial charge >= 0.3 is 5.97 Å². The standard InChI is InChI=1S/C19H24N4O2/c1-3-16-6-4-5-11-23(16)19-20-13(2)12-17(22-19)21-15-9-7-14(8-10-15)18(24)25/h7-10,12,16H,3-6,11H2,1-2H3,(H,24,25)(H,20,21,22). The number of hydrogen-bond acceptors (Lipinski definition) is 5. The van der Waals surface area contributed by atoms with Gasteiger partial charge in [0.15, 0.2) is 0 Å². The van der Waals surface area contributed by atoms with Gasteiger partial charge in [0.1, 0.15) is 5.82 Å². The zero-order valence-corrected chi connectivity index (χ0v) is 14.7. The van der Waals surface area contributed by atoms with Crippen molar-refractivity contribution in [3.8, 4) is 0 Å². The summed E-state index contributed by atoms with van der Waals surface area (Å²) in [5, 5.41) is 12.2. The zero-order valence-electron chi connectivity index (χ0n) is 14.7. The van der Waals surface area contributed by atoms with Gasteiger partial charge < -0.3 is 15.3 Å². The van der Waals surface area contributed by atoms with Crippen LogP contribution in [0.2, 0.25) is 0 Å². The lowest BCUT2D eigenvalue weighted by atomic mass is 10.0. The Bertz CT molecular complexity index is 746. The van der Waals surface area contributed by atoms with E-state index in [1.807, 2.05) is 13.0 Å². The van der Waals surface area contributed by atoms with E-state index in [9.17, 15) is 4.79 Å².